The number of rotatable bonds is 6. The molecule has 32 heavy (non-hydrogen) atoms. The Labute approximate surface area is 187 Å². The molecule has 1 aliphatic heterocycles. The molecule has 1 aliphatic rings. The number of alkyl halides is 3. The lowest BCUT2D eigenvalue weighted by Gasteiger charge is -2.38. The van der Waals surface area contributed by atoms with E-state index in [1.807, 2.05) is 6.07 Å². The molecule has 0 spiro atoms. The van der Waals surface area contributed by atoms with E-state index in [0.717, 1.165) is 43.3 Å². The first-order chi connectivity index (χ1) is 15.1. The number of benzene rings is 2. The molecule has 3 rings (SSSR count). The minimum absolute atomic E-state index is 0.188. The second-order valence-corrected chi connectivity index (χ2v) is 8.54. The Morgan fingerprint density at radius 1 is 1.19 bits per heavy atom. The zero-order chi connectivity index (χ0) is 23.5. The molecule has 174 valence electrons. The Hall–Kier alpha value is -2.54. The lowest BCUT2D eigenvalue weighted by Crippen LogP contribution is -2.42. The molecular weight excluding hydrogens is 417 g/mol. The molecule has 1 heterocycles. The number of amides is 1. The van der Waals surface area contributed by atoms with E-state index in [-0.39, 0.29) is 17.5 Å². The lowest BCUT2D eigenvalue weighted by molar-refractivity contribution is -0.137. The predicted molar refractivity (Wildman–Crippen MR) is 119 cm³/mol. The molecule has 1 fully saturated rings. The molecule has 0 aliphatic carbocycles. The molecule has 2 aromatic rings. The summed E-state index contributed by atoms with van der Waals surface area (Å²) in [7, 11) is 1.67. The maximum Gasteiger partial charge on any atom is 0.417 e. The summed E-state index contributed by atoms with van der Waals surface area (Å²) >= 11 is 0. The summed E-state index contributed by atoms with van der Waals surface area (Å²) in [6, 6.07) is 9.21. The number of piperidine rings is 1. The van der Waals surface area contributed by atoms with E-state index < -0.39 is 17.6 Å². The smallest absolute Gasteiger partial charge is 0.417 e. The normalized spacial score (nSPS) is 18.3. The molecule has 1 amide bonds. The Morgan fingerprint density at radius 2 is 1.91 bits per heavy atom. The molecule has 2 unspecified atom stereocenters. The summed E-state index contributed by atoms with van der Waals surface area (Å²) in [5, 5.41) is 2.73. The second-order valence-electron chi connectivity index (χ2n) is 8.54. The summed E-state index contributed by atoms with van der Waals surface area (Å²) in [6.45, 7) is 8.42. The van der Waals surface area contributed by atoms with Gasteiger partial charge in [0.2, 0.25) is 0 Å². The first-order valence-corrected chi connectivity index (χ1v) is 11.0. The molecular formula is C25H31F3N2O2. The molecule has 0 aromatic heterocycles. The number of ether oxygens (including phenoxy) is 1. The van der Waals surface area contributed by atoms with Gasteiger partial charge in [-0.25, -0.2) is 0 Å². The van der Waals surface area contributed by atoms with E-state index in [4.69, 9.17) is 4.74 Å². The number of hydrogen-bond donors (Lipinski definition) is 1. The van der Waals surface area contributed by atoms with Gasteiger partial charge in [0.25, 0.3) is 5.91 Å². The van der Waals surface area contributed by atoms with Gasteiger partial charge in [0.15, 0.2) is 0 Å². The Kier molecular flexibility index (Phi) is 7.49. The van der Waals surface area contributed by atoms with Gasteiger partial charge in [-0.2, -0.15) is 13.2 Å². The van der Waals surface area contributed by atoms with Gasteiger partial charge in [0.1, 0.15) is 5.75 Å². The average molecular weight is 449 g/mol. The summed E-state index contributed by atoms with van der Waals surface area (Å²) < 4.78 is 45.1. The Bertz CT molecular complexity index is 959. The quantitative estimate of drug-likeness (QED) is 0.632. The van der Waals surface area contributed by atoms with E-state index in [1.165, 1.54) is 29.3 Å². The number of methoxy groups -OCH3 is 1. The van der Waals surface area contributed by atoms with Gasteiger partial charge in [0.05, 0.1) is 18.2 Å². The van der Waals surface area contributed by atoms with Gasteiger partial charge in [-0.3, -0.25) is 9.69 Å². The third-order valence-electron chi connectivity index (χ3n) is 6.58. The van der Waals surface area contributed by atoms with Crippen LogP contribution in [-0.4, -0.2) is 37.6 Å². The fourth-order valence-corrected chi connectivity index (χ4v) is 4.56. The number of carbonyl (C=O) groups excluding carboxylic acids is 1. The SMILES string of the molecule is COc1ccc(C(C)N2CCCC(CNC(=O)c3ccccc3C(F)(F)F)C2)c(C)c1C. The molecule has 0 bridgehead atoms. The van der Waals surface area contributed by atoms with Crippen LogP contribution < -0.4 is 10.1 Å². The van der Waals surface area contributed by atoms with Crippen molar-refractivity contribution in [3.63, 3.8) is 0 Å². The van der Waals surface area contributed by atoms with Crippen LogP contribution in [0.5, 0.6) is 5.75 Å². The highest BCUT2D eigenvalue weighted by atomic mass is 19.4. The fourth-order valence-electron chi connectivity index (χ4n) is 4.56. The van der Waals surface area contributed by atoms with Crippen LogP contribution in [0.25, 0.3) is 0 Å². The van der Waals surface area contributed by atoms with Crippen molar-refractivity contribution in [3.8, 4) is 5.75 Å². The van der Waals surface area contributed by atoms with E-state index >= 15 is 0 Å². The molecule has 1 N–H and O–H groups in total. The van der Waals surface area contributed by atoms with E-state index in [1.54, 1.807) is 7.11 Å². The van der Waals surface area contributed by atoms with Crippen LogP contribution in [0, 0.1) is 19.8 Å². The highest BCUT2D eigenvalue weighted by Crippen LogP contribution is 2.33. The van der Waals surface area contributed by atoms with Crippen LogP contribution in [0.4, 0.5) is 13.2 Å². The maximum absolute atomic E-state index is 13.2. The van der Waals surface area contributed by atoms with Crippen molar-refractivity contribution in [2.24, 2.45) is 5.92 Å². The summed E-state index contributed by atoms with van der Waals surface area (Å²) in [5.74, 6) is 0.384. The topological polar surface area (TPSA) is 41.6 Å². The number of nitrogens with zero attached hydrogens (tertiary/aromatic N) is 1. The van der Waals surface area contributed by atoms with Crippen molar-refractivity contribution in [2.75, 3.05) is 26.7 Å². The summed E-state index contributed by atoms with van der Waals surface area (Å²) in [6.07, 6.45) is -2.64. The monoisotopic (exact) mass is 448 g/mol. The third-order valence-corrected chi connectivity index (χ3v) is 6.58. The molecule has 2 aromatic carbocycles. The molecule has 2 atom stereocenters. The van der Waals surface area contributed by atoms with E-state index in [9.17, 15) is 18.0 Å². The van der Waals surface area contributed by atoms with Crippen LogP contribution in [0.2, 0.25) is 0 Å². The van der Waals surface area contributed by atoms with E-state index in [2.05, 4.69) is 37.1 Å². The molecule has 0 radical (unpaired) electrons. The average Bonchev–Trinajstić information content (AvgIpc) is 2.78. The largest absolute Gasteiger partial charge is 0.496 e. The summed E-state index contributed by atoms with van der Waals surface area (Å²) in [5.41, 5.74) is 2.34. The van der Waals surface area contributed by atoms with Gasteiger partial charge in [-0.05, 0) is 81.0 Å². The van der Waals surface area contributed by atoms with Gasteiger partial charge in [0, 0.05) is 19.1 Å². The van der Waals surface area contributed by atoms with Crippen LogP contribution in [0.3, 0.4) is 0 Å². The van der Waals surface area contributed by atoms with Gasteiger partial charge < -0.3 is 10.1 Å². The first-order valence-electron chi connectivity index (χ1n) is 11.0. The van der Waals surface area contributed by atoms with Crippen molar-refractivity contribution in [1.82, 2.24) is 10.2 Å². The number of carbonyl (C=O) groups is 1. The number of halogens is 3. The zero-order valence-corrected chi connectivity index (χ0v) is 19.1. The number of hydrogen-bond acceptors (Lipinski definition) is 3. The Morgan fingerprint density at radius 3 is 2.59 bits per heavy atom. The van der Waals surface area contributed by atoms with Crippen LogP contribution in [0.1, 0.15) is 58.4 Å². The highest BCUT2D eigenvalue weighted by molar-refractivity contribution is 5.95. The fraction of sp³-hybridized carbons (Fsp3) is 0.480. The van der Waals surface area contributed by atoms with Crippen LogP contribution in [-0.2, 0) is 6.18 Å². The van der Waals surface area contributed by atoms with Crippen molar-refractivity contribution < 1.29 is 22.7 Å². The second kappa shape index (κ2) is 9.94. The van der Waals surface area contributed by atoms with E-state index in [0.29, 0.717) is 6.54 Å². The molecule has 4 nitrogen and oxygen atoms in total. The molecule has 7 heteroatoms. The van der Waals surface area contributed by atoms with Gasteiger partial charge in [-0.1, -0.05) is 18.2 Å². The van der Waals surface area contributed by atoms with Gasteiger partial charge in [-0.15, -0.1) is 0 Å². The van der Waals surface area contributed by atoms with Gasteiger partial charge >= 0.3 is 6.18 Å². The molecule has 1 saturated heterocycles. The van der Waals surface area contributed by atoms with Crippen LogP contribution >= 0.6 is 0 Å². The third kappa shape index (κ3) is 5.26. The van der Waals surface area contributed by atoms with Crippen molar-refractivity contribution in [1.29, 1.82) is 0 Å². The predicted octanol–water partition coefficient (Wildman–Crippen LogP) is 5.53. The molecule has 0 saturated carbocycles. The standard InChI is InChI=1S/C25H31F3N2O2/c1-16-17(2)23(32-4)12-11-20(16)18(3)30-13-7-8-19(15-30)14-29-24(31)21-9-5-6-10-22(21)25(26,27)28/h5-6,9-12,18-19H,7-8,13-15H2,1-4H3,(H,29,31). The Balaban J connectivity index is 1.65. The number of nitrogens with one attached hydrogen (secondary N) is 1. The van der Waals surface area contributed by atoms with Crippen LogP contribution in [0.15, 0.2) is 36.4 Å². The van der Waals surface area contributed by atoms with Crippen molar-refractivity contribution in [3.05, 3.63) is 64.2 Å². The number of likely N-dealkylation sites (tertiary alicyclic amines) is 1. The highest BCUT2D eigenvalue weighted by Gasteiger charge is 2.35. The minimum atomic E-state index is -4.56. The zero-order valence-electron chi connectivity index (χ0n) is 19.1. The summed E-state index contributed by atoms with van der Waals surface area (Å²) in [4.78, 5) is 14.9. The van der Waals surface area contributed by atoms with Crippen molar-refractivity contribution >= 4 is 5.91 Å². The lowest BCUT2D eigenvalue weighted by atomic mass is 9.92. The van der Waals surface area contributed by atoms with Crippen molar-refractivity contribution in [2.45, 2.75) is 45.8 Å². The maximum atomic E-state index is 13.2. The first kappa shape index (κ1) is 24.1. The minimum Gasteiger partial charge on any atom is -0.496 e.